The van der Waals surface area contributed by atoms with E-state index in [2.05, 4.69) is 0 Å². The highest BCUT2D eigenvalue weighted by Crippen LogP contribution is 2.19. The van der Waals surface area contributed by atoms with E-state index < -0.39 is 5.82 Å². The minimum Gasteiger partial charge on any atom is -0.496 e. The molecule has 70 valence electrons. The molecule has 13 heavy (non-hydrogen) atoms. The molecule has 0 aromatic heterocycles. The van der Waals surface area contributed by atoms with Crippen LogP contribution < -0.4 is 10.5 Å². The van der Waals surface area contributed by atoms with Crippen LogP contribution in [0.3, 0.4) is 0 Å². The monoisotopic (exact) mass is 183 g/mol. The highest BCUT2D eigenvalue weighted by atomic mass is 19.1. The highest BCUT2D eigenvalue weighted by molar-refractivity contribution is 5.99. The first-order valence-corrected chi connectivity index (χ1v) is 3.76. The lowest BCUT2D eigenvalue weighted by Crippen LogP contribution is -2.14. The van der Waals surface area contributed by atoms with Gasteiger partial charge in [0.2, 0.25) is 0 Å². The normalized spacial score (nSPS) is 9.77. The van der Waals surface area contributed by atoms with Crippen molar-refractivity contribution in [2.45, 2.75) is 0 Å². The molecule has 4 heteroatoms. The van der Waals surface area contributed by atoms with Crippen molar-refractivity contribution in [2.24, 2.45) is 5.73 Å². The number of ketones is 1. The van der Waals surface area contributed by atoms with E-state index in [1.807, 2.05) is 0 Å². The number of hydrogen-bond donors (Lipinski definition) is 1. The summed E-state index contributed by atoms with van der Waals surface area (Å²) in [5, 5.41) is 0. The summed E-state index contributed by atoms with van der Waals surface area (Å²) in [6, 6.07) is 3.75. The Balaban J connectivity index is 3.15. The topological polar surface area (TPSA) is 52.3 Å². The van der Waals surface area contributed by atoms with Gasteiger partial charge in [-0.15, -0.1) is 0 Å². The van der Waals surface area contributed by atoms with E-state index in [-0.39, 0.29) is 17.9 Å². The van der Waals surface area contributed by atoms with E-state index in [0.717, 1.165) is 6.07 Å². The van der Waals surface area contributed by atoms with Gasteiger partial charge in [0.15, 0.2) is 5.78 Å². The van der Waals surface area contributed by atoms with E-state index in [4.69, 9.17) is 10.5 Å². The van der Waals surface area contributed by atoms with Crippen LogP contribution in [0.15, 0.2) is 18.2 Å². The quantitative estimate of drug-likeness (QED) is 0.710. The maximum Gasteiger partial charge on any atom is 0.180 e. The molecule has 0 aliphatic rings. The van der Waals surface area contributed by atoms with Crippen LogP contribution in [-0.2, 0) is 0 Å². The summed E-state index contributed by atoms with van der Waals surface area (Å²) in [6.45, 7) is -0.153. The van der Waals surface area contributed by atoms with Crippen LogP contribution in [-0.4, -0.2) is 19.4 Å². The maximum absolute atomic E-state index is 12.7. The minimum absolute atomic E-state index is 0.153. The van der Waals surface area contributed by atoms with Crippen LogP contribution in [0.25, 0.3) is 0 Å². The third kappa shape index (κ3) is 2.03. The van der Waals surface area contributed by atoms with Crippen molar-refractivity contribution in [1.82, 2.24) is 0 Å². The Morgan fingerprint density at radius 2 is 2.31 bits per heavy atom. The van der Waals surface area contributed by atoms with E-state index in [0.29, 0.717) is 5.75 Å². The Morgan fingerprint density at radius 1 is 1.62 bits per heavy atom. The zero-order valence-corrected chi connectivity index (χ0v) is 7.21. The van der Waals surface area contributed by atoms with Gasteiger partial charge in [-0.25, -0.2) is 4.39 Å². The number of hydrogen-bond acceptors (Lipinski definition) is 3. The average Bonchev–Trinajstić information content (AvgIpc) is 2.16. The molecule has 1 aromatic rings. The standard InChI is InChI=1S/C9H10FNO2/c1-13-9-3-2-6(10)4-7(9)8(12)5-11/h2-4H,5,11H2,1H3. The van der Waals surface area contributed by atoms with Gasteiger partial charge in [0.05, 0.1) is 19.2 Å². The van der Waals surface area contributed by atoms with Crippen LogP contribution in [0, 0.1) is 5.82 Å². The van der Waals surface area contributed by atoms with Gasteiger partial charge in [0, 0.05) is 0 Å². The molecule has 1 aromatic carbocycles. The Bertz CT molecular complexity index is 325. The SMILES string of the molecule is COc1ccc(F)cc1C(=O)CN. The van der Waals surface area contributed by atoms with Crippen LogP contribution >= 0.6 is 0 Å². The zero-order valence-electron chi connectivity index (χ0n) is 7.21. The second-order valence-electron chi connectivity index (χ2n) is 2.47. The number of halogens is 1. The van der Waals surface area contributed by atoms with Crippen molar-refractivity contribution in [1.29, 1.82) is 0 Å². The molecule has 2 N–H and O–H groups in total. The highest BCUT2D eigenvalue weighted by Gasteiger charge is 2.10. The predicted octanol–water partition coefficient (Wildman–Crippen LogP) is 0.976. The molecule has 0 heterocycles. The van der Waals surface area contributed by atoms with E-state index in [9.17, 15) is 9.18 Å². The number of ether oxygens (including phenoxy) is 1. The summed E-state index contributed by atoms with van der Waals surface area (Å²) in [7, 11) is 1.42. The fraction of sp³-hybridized carbons (Fsp3) is 0.222. The van der Waals surface area contributed by atoms with Gasteiger partial charge >= 0.3 is 0 Å². The van der Waals surface area contributed by atoms with Crippen molar-refractivity contribution in [3.8, 4) is 5.75 Å². The Hall–Kier alpha value is -1.42. The molecule has 0 saturated carbocycles. The molecule has 0 aliphatic heterocycles. The average molecular weight is 183 g/mol. The van der Waals surface area contributed by atoms with Crippen LogP contribution in [0.2, 0.25) is 0 Å². The summed E-state index contributed by atoms with van der Waals surface area (Å²) < 4.78 is 17.6. The predicted molar refractivity (Wildman–Crippen MR) is 46.3 cm³/mol. The van der Waals surface area contributed by atoms with E-state index >= 15 is 0 Å². The third-order valence-electron chi connectivity index (χ3n) is 1.65. The van der Waals surface area contributed by atoms with Gasteiger partial charge in [-0.1, -0.05) is 0 Å². The van der Waals surface area contributed by atoms with Gasteiger partial charge in [-0.05, 0) is 18.2 Å². The van der Waals surface area contributed by atoms with E-state index in [1.165, 1.54) is 19.2 Å². The molecule has 0 fully saturated rings. The second kappa shape index (κ2) is 4.00. The first-order chi connectivity index (χ1) is 6.19. The molecule has 3 nitrogen and oxygen atoms in total. The first-order valence-electron chi connectivity index (χ1n) is 3.76. The third-order valence-corrected chi connectivity index (χ3v) is 1.65. The Morgan fingerprint density at radius 3 is 2.85 bits per heavy atom. The first kappa shape index (κ1) is 9.67. The summed E-state index contributed by atoms with van der Waals surface area (Å²) in [6.07, 6.45) is 0. The Kier molecular flexibility index (Phi) is 2.97. The molecule has 0 bridgehead atoms. The molecule has 0 atom stereocenters. The van der Waals surface area contributed by atoms with Gasteiger partial charge in [-0.2, -0.15) is 0 Å². The molecule has 0 radical (unpaired) electrons. The number of carbonyl (C=O) groups is 1. The molecule has 0 unspecified atom stereocenters. The number of carbonyl (C=O) groups excluding carboxylic acids is 1. The van der Waals surface area contributed by atoms with Gasteiger partial charge in [0.25, 0.3) is 0 Å². The summed E-state index contributed by atoms with van der Waals surface area (Å²) in [5.41, 5.74) is 5.34. The number of methoxy groups -OCH3 is 1. The lowest BCUT2D eigenvalue weighted by molar-refractivity contribution is 0.0998. The molecule has 0 amide bonds. The number of Topliss-reactive ketones (excluding diaryl/α,β-unsaturated/α-hetero) is 1. The molecule has 0 spiro atoms. The lowest BCUT2D eigenvalue weighted by Gasteiger charge is -2.05. The number of rotatable bonds is 3. The fourth-order valence-corrected chi connectivity index (χ4v) is 1.01. The Labute approximate surface area is 75.3 Å². The summed E-state index contributed by atoms with van der Waals surface area (Å²) in [5.74, 6) is -0.467. The molecular weight excluding hydrogens is 173 g/mol. The van der Waals surface area contributed by atoms with Crippen molar-refractivity contribution in [2.75, 3.05) is 13.7 Å². The van der Waals surface area contributed by atoms with Gasteiger partial charge in [-0.3, -0.25) is 4.79 Å². The van der Waals surface area contributed by atoms with Gasteiger partial charge < -0.3 is 10.5 Å². The zero-order chi connectivity index (χ0) is 9.84. The molecule has 0 aliphatic carbocycles. The molecule has 0 saturated heterocycles. The van der Waals surface area contributed by atoms with Gasteiger partial charge in [0.1, 0.15) is 11.6 Å². The van der Waals surface area contributed by atoms with Crippen molar-refractivity contribution in [3.63, 3.8) is 0 Å². The smallest absolute Gasteiger partial charge is 0.180 e. The second-order valence-corrected chi connectivity index (χ2v) is 2.47. The molecule has 1 rings (SSSR count). The maximum atomic E-state index is 12.7. The number of benzene rings is 1. The fourth-order valence-electron chi connectivity index (χ4n) is 1.01. The van der Waals surface area contributed by atoms with Crippen LogP contribution in [0.1, 0.15) is 10.4 Å². The van der Waals surface area contributed by atoms with Crippen LogP contribution in [0.4, 0.5) is 4.39 Å². The van der Waals surface area contributed by atoms with Crippen LogP contribution in [0.5, 0.6) is 5.75 Å². The largest absolute Gasteiger partial charge is 0.496 e. The summed E-state index contributed by atoms with van der Waals surface area (Å²) in [4.78, 5) is 11.2. The minimum atomic E-state index is -0.474. The number of nitrogens with two attached hydrogens (primary N) is 1. The lowest BCUT2D eigenvalue weighted by atomic mass is 10.1. The van der Waals surface area contributed by atoms with Crippen molar-refractivity contribution >= 4 is 5.78 Å². The van der Waals surface area contributed by atoms with Crippen molar-refractivity contribution < 1.29 is 13.9 Å². The van der Waals surface area contributed by atoms with E-state index in [1.54, 1.807) is 0 Å². The molecular formula is C9H10FNO2. The summed E-state index contributed by atoms with van der Waals surface area (Å²) >= 11 is 0. The van der Waals surface area contributed by atoms with Crippen molar-refractivity contribution in [3.05, 3.63) is 29.6 Å².